The molecule has 0 bridgehead atoms. The molecule has 28 heavy (non-hydrogen) atoms. The summed E-state index contributed by atoms with van der Waals surface area (Å²) in [5, 5.41) is 6.44. The van der Waals surface area contributed by atoms with Crippen LogP contribution in [0.15, 0.2) is 33.2 Å². The molecule has 1 unspecified atom stereocenters. The molecule has 1 N–H and O–H groups in total. The maximum absolute atomic E-state index is 11.2. The number of alkyl carbamates (subject to hydrolysis) is 1. The monoisotopic (exact) mass is 387 g/mol. The Morgan fingerprint density at radius 1 is 1.32 bits per heavy atom. The molecule has 1 aromatic carbocycles. The van der Waals surface area contributed by atoms with Gasteiger partial charge in [0, 0.05) is 6.07 Å². The number of oxazole rings is 1. The molecule has 0 saturated heterocycles. The first-order valence-electron chi connectivity index (χ1n) is 9.08. The van der Waals surface area contributed by atoms with Crippen LogP contribution in [0.1, 0.15) is 19.8 Å². The van der Waals surface area contributed by atoms with Gasteiger partial charge in [-0.2, -0.15) is 0 Å². The molecule has 0 aliphatic heterocycles. The summed E-state index contributed by atoms with van der Waals surface area (Å²) in [6.45, 7) is 2.72. The number of carbonyl (C=O) groups excluding carboxylic acids is 1. The fourth-order valence-electron chi connectivity index (χ4n) is 2.54. The average molecular weight is 387 g/mol. The van der Waals surface area contributed by atoms with Crippen LogP contribution < -0.4 is 14.8 Å². The Labute approximate surface area is 160 Å². The Hall–Kier alpha value is -3.23. The van der Waals surface area contributed by atoms with Gasteiger partial charge < -0.3 is 28.5 Å². The zero-order chi connectivity index (χ0) is 19.5. The maximum atomic E-state index is 11.2. The molecular formula is C19H21N3O6. The highest BCUT2D eigenvalue weighted by Crippen LogP contribution is 2.31. The fraction of sp³-hybridized carbons (Fsp3) is 0.421. The van der Waals surface area contributed by atoms with Crippen LogP contribution in [0, 0.1) is 5.92 Å². The number of methoxy groups -OCH3 is 1. The van der Waals surface area contributed by atoms with E-state index in [-0.39, 0.29) is 18.5 Å². The molecule has 0 radical (unpaired) electrons. The lowest BCUT2D eigenvalue weighted by Gasteiger charge is -2.12. The third kappa shape index (κ3) is 4.36. The van der Waals surface area contributed by atoms with Gasteiger partial charge in [-0.3, -0.25) is 0 Å². The molecule has 1 aliphatic rings. The number of ether oxygens (including phenoxy) is 3. The van der Waals surface area contributed by atoms with Crippen molar-refractivity contribution in [3.05, 3.63) is 24.3 Å². The summed E-state index contributed by atoms with van der Waals surface area (Å²) in [6, 6.07) is 6.86. The second kappa shape index (κ2) is 7.79. The number of hydrogen-bond donors (Lipinski definition) is 1. The van der Waals surface area contributed by atoms with Crippen molar-refractivity contribution < 1.29 is 27.9 Å². The van der Waals surface area contributed by atoms with E-state index < -0.39 is 6.09 Å². The zero-order valence-electron chi connectivity index (χ0n) is 15.6. The number of nitrogens with zero attached hydrogens (tertiary/aromatic N) is 2. The Kier molecular flexibility index (Phi) is 5.05. The predicted octanol–water partition coefficient (Wildman–Crippen LogP) is 3.39. The van der Waals surface area contributed by atoms with Crippen LogP contribution in [0.2, 0.25) is 0 Å². The number of benzene rings is 1. The molecule has 2 aromatic heterocycles. The van der Waals surface area contributed by atoms with Crippen LogP contribution in [-0.2, 0) is 4.74 Å². The van der Waals surface area contributed by atoms with Gasteiger partial charge in [0.25, 0.3) is 11.8 Å². The molecule has 1 amide bonds. The van der Waals surface area contributed by atoms with Crippen molar-refractivity contribution in [2.24, 2.45) is 5.92 Å². The predicted molar refractivity (Wildman–Crippen MR) is 98.2 cm³/mol. The molecule has 9 nitrogen and oxygen atoms in total. The van der Waals surface area contributed by atoms with Gasteiger partial charge in [-0.15, -0.1) is 0 Å². The largest absolute Gasteiger partial charge is 0.493 e. The van der Waals surface area contributed by atoms with E-state index in [0.29, 0.717) is 28.7 Å². The third-order valence-electron chi connectivity index (χ3n) is 4.27. The second-order valence-electron chi connectivity index (χ2n) is 6.78. The average Bonchev–Trinajstić information content (AvgIpc) is 3.24. The van der Waals surface area contributed by atoms with Crippen molar-refractivity contribution in [2.45, 2.75) is 25.8 Å². The third-order valence-corrected chi connectivity index (χ3v) is 4.27. The van der Waals surface area contributed by atoms with Crippen molar-refractivity contribution in [1.29, 1.82) is 0 Å². The Morgan fingerprint density at radius 2 is 2.18 bits per heavy atom. The smallest absolute Gasteiger partial charge is 0.407 e. The Balaban J connectivity index is 1.39. The molecular weight excluding hydrogens is 366 g/mol. The minimum Gasteiger partial charge on any atom is -0.493 e. The van der Waals surface area contributed by atoms with Crippen molar-refractivity contribution in [1.82, 2.24) is 15.5 Å². The number of rotatable bonds is 8. The topological polar surface area (TPSA) is 109 Å². The summed E-state index contributed by atoms with van der Waals surface area (Å²) in [5.41, 5.74) is 1.31. The summed E-state index contributed by atoms with van der Waals surface area (Å²) in [7, 11) is 1.30. The maximum Gasteiger partial charge on any atom is 0.407 e. The van der Waals surface area contributed by atoms with Crippen molar-refractivity contribution in [3.63, 3.8) is 0 Å². The minimum atomic E-state index is -0.524. The quantitative estimate of drug-likeness (QED) is 0.626. The van der Waals surface area contributed by atoms with Gasteiger partial charge in [-0.1, -0.05) is 0 Å². The van der Waals surface area contributed by atoms with E-state index in [0.717, 1.165) is 12.4 Å². The molecule has 9 heteroatoms. The molecule has 1 aliphatic carbocycles. The van der Waals surface area contributed by atoms with Gasteiger partial charge in [0.1, 0.15) is 17.9 Å². The van der Waals surface area contributed by atoms with Crippen molar-refractivity contribution >= 4 is 17.2 Å². The van der Waals surface area contributed by atoms with Gasteiger partial charge in [0.05, 0.1) is 25.8 Å². The lowest BCUT2D eigenvalue weighted by Crippen LogP contribution is -2.36. The van der Waals surface area contributed by atoms with Crippen LogP contribution in [0.25, 0.3) is 22.8 Å². The number of carbonyl (C=O) groups is 1. The Morgan fingerprint density at radius 3 is 2.96 bits per heavy atom. The lowest BCUT2D eigenvalue weighted by molar-refractivity contribution is 0.160. The second-order valence-corrected chi connectivity index (χ2v) is 6.78. The molecule has 1 fully saturated rings. The summed E-state index contributed by atoms with van der Waals surface area (Å²) >= 11 is 0. The van der Waals surface area contributed by atoms with Crippen LogP contribution in [-0.4, -0.2) is 42.6 Å². The summed E-state index contributed by atoms with van der Waals surface area (Å²) in [4.78, 5) is 15.6. The molecule has 3 aromatic rings. The molecule has 2 heterocycles. The van der Waals surface area contributed by atoms with Crippen LogP contribution >= 0.6 is 0 Å². The van der Waals surface area contributed by atoms with E-state index >= 15 is 0 Å². The molecule has 1 saturated carbocycles. The fourth-order valence-corrected chi connectivity index (χ4v) is 2.54. The van der Waals surface area contributed by atoms with Gasteiger partial charge in [-0.05, 0) is 43.0 Å². The van der Waals surface area contributed by atoms with E-state index in [4.69, 9.17) is 18.4 Å². The molecule has 1 atom stereocenters. The first-order valence-corrected chi connectivity index (χ1v) is 9.08. The SMILES string of the molecule is COC(=O)NC(C)COc1cc(-c2nc3cc(OCC4CC4)ccc3o2)on1. The van der Waals surface area contributed by atoms with Crippen LogP contribution in [0.5, 0.6) is 11.6 Å². The van der Waals surface area contributed by atoms with Crippen molar-refractivity contribution in [3.8, 4) is 23.3 Å². The number of nitrogens with one attached hydrogen (secondary N) is 1. The number of amides is 1. The molecule has 148 valence electrons. The highest BCUT2D eigenvalue weighted by Gasteiger charge is 2.22. The minimum absolute atomic E-state index is 0.205. The summed E-state index contributed by atoms with van der Waals surface area (Å²) in [5.74, 6) is 2.37. The van der Waals surface area contributed by atoms with E-state index in [1.54, 1.807) is 13.0 Å². The van der Waals surface area contributed by atoms with E-state index in [2.05, 4.69) is 20.2 Å². The normalized spacial score (nSPS) is 14.6. The highest BCUT2D eigenvalue weighted by molar-refractivity contribution is 5.77. The summed E-state index contributed by atoms with van der Waals surface area (Å²) in [6.07, 6.45) is 1.96. The first-order chi connectivity index (χ1) is 13.6. The van der Waals surface area contributed by atoms with Crippen molar-refractivity contribution in [2.75, 3.05) is 20.3 Å². The highest BCUT2D eigenvalue weighted by atomic mass is 16.5. The van der Waals surface area contributed by atoms with Gasteiger partial charge in [0.15, 0.2) is 5.58 Å². The van der Waals surface area contributed by atoms with E-state index in [1.807, 2.05) is 18.2 Å². The van der Waals surface area contributed by atoms with Crippen LogP contribution in [0.4, 0.5) is 4.79 Å². The van der Waals surface area contributed by atoms with Crippen LogP contribution in [0.3, 0.4) is 0 Å². The molecule has 0 spiro atoms. The standard InChI is InChI=1S/C19H21N3O6/c1-11(20-19(23)24-2)9-26-17-8-16(28-22-17)18-21-14-7-13(5-6-15(14)27-18)25-10-12-3-4-12/h5-8,11-12H,3-4,9-10H2,1-2H3,(H,20,23). The van der Waals surface area contributed by atoms with Gasteiger partial charge >= 0.3 is 6.09 Å². The Bertz CT molecular complexity index is 962. The lowest BCUT2D eigenvalue weighted by atomic mass is 10.3. The number of aromatic nitrogens is 2. The van der Waals surface area contributed by atoms with E-state index in [9.17, 15) is 4.79 Å². The number of hydrogen-bond acceptors (Lipinski definition) is 8. The molecule has 4 rings (SSSR count). The van der Waals surface area contributed by atoms with E-state index in [1.165, 1.54) is 20.0 Å². The van der Waals surface area contributed by atoms with Gasteiger partial charge in [-0.25, -0.2) is 9.78 Å². The summed E-state index contributed by atoms with van der Waals surface area (Å²) < 4.78 is 26.8. The van der Waals surface area contributed by atoms with Gasteiger partial charge in [0.2, 0.25) is 5.76 Å². The zero-order valence-corrected chi connectivity index (χ0v) is 15.6. The number of fused-ring (bicyclic) bond motifs is 1. The first kappa shape index (κ1) is 18.1.